The second-order valence-corrected chi connectivity index (χ2v) is 6.69. The van der Waals surface area contributed by atoms with Crippen LogP contribution >= 0.6 is 24.0 Å². The van der Waals surface area contributed by atoms with Crippen LogP contribution in [-0.4, -0.2) is 51.2 Å². The van der Waals surface area contributed by atoms with E-state index in [1.807, 2.05) is 12.1 Å². The lowest BCUT2D eigenvalue weighted by Gasteiger charge is -2.37. The van der Waals surface area contributed by atoms with E-state index in [0.29, 0.717) is 17.8 Å². The highest BCUT2D eigenvalue weighted by atomic mass is 127. The van der Waals surface area contributed by atoms with Crippen molar-refractivity contribution in [2.75, 3.05) is 45.2 Å². The van der Waals surface area contributed by atoms with Crippen molar-refractivity contribution in [1.82, 2.24) is 10.2 Å². The molecule has 5 nitrogen and oxygen atoms in total. The number of halogens is 3. The summed E-state index contributed by atoms with van der Waals surface area (Å²) in [6.07, 6.45) is 0. The molecule has 0 aliphatic carbocycles. The lowest BCUT2D eigenvalue weighted by atomic mass is 10.1. The molecule has 0 amide bonds. The summed E-state index contributed by atoms with van der Waals surface area (Å²) in [6.45, 7) is 3.70. The van der Waals surface area contributed by atoms with E-state index in [-0.39, 0.29) is 42.2 Å². The Balaban J connectivity index is 0.00000300. The number of aliphatic imine (C=N–C) groups is 1. The summed E-state index contributed by atoms with van der Waals surface area (Å²) >= 11 is 0. The first-order chi connectivity index (χ1) is 13.6. The van der Waals surface area contributed by atoms with E-state index in [9.17, 15) is 8.78 Å². The molecule has 1 N–H and O–H groups in total. The maximum Gasteiger partial charge on any atom is 0.194 e. The zero-order chi connectivity index (χ0) is 19.9. The number of guanidine groups is 1. The fraction of sp³-hybridized carbons (Fsp3) is 0.381. The van der Waals surface area contributed by atoms with Gasteiger partial charge in [0.15, 0.2) is 5.96 Å². The van der Waals surface area contributed by atoms with Crippen molar-refractivity contribution in [1.29, 1.82) is 0 Å². The van der Waals surface area contributed by atoms with Gasteiger partial charge >= 0.3 is 0 Å². The molecule has 1 heterocycles. The Morgan fingerprint density at radius 2 is 1.79 bits per heavy atom. The number of piperazine rings is 1. The van der Waals surface area contributed by atoms with E-state index < -0.39 is 0 Å². The maximum atomic E-state index is 14.0. The second kappa shape index (κ2) is 11.3. The highest BCUT2D eigenvalue weighted by molar-refractivity contribution is 14.0. The second-order valence-electron chi connectivity index (χ2n) is 6.69. The minimum Gasteiger partial charge on any atom is -0.380 e. The maximum absolute atomic E-state index is 14.0. The van der Waals surface area contributed by atoms with Gasteiger partial charge in [-0.05, 0) is 29.8 Å². The van der Waals surface area contributed by atoms with Crippen molar-refractivity contribution in [2.45, 2.75) is 13.2 Å². The average Bonchev–Trinajstić information content (AvgIpc) is 2.72. The van der Waals surface area contributed by atoms with Crippen LogP contribution in [0.3, 0.4) is 0 Å². The van der Waals surface area contributed by atoms with E-state index in [4.69, 9.17) is 4.74 Å². The Morgan fingerprint density at radius 3 is 2.45 bits per heavy atom. The number of benzene rings is 2. The molecule has 3 rings (SSSR count). The standard InChI is InChI=1S/C21H26F2N4O.HI/c1-24-21(25-14-16-7-8-18(22)17(13-16)15-28-2)27-11-9-26(10-12-27)20-6-4-3-5-19(20)23;/h3-8,13H,9-12,14-15H2,1-2H3,(H,24,25);1H. The quantitative estimate of drug-likeness (QED) is 0.375. The zero-order valence-corrected chi connectivity index (χ0v) is 19.0. The van der Waals surface area contributed by atoms with Crippen molar-refractivity contribution < 1.29 is 13.5 Å². The van der Waals surface area contributed by atoms with Gasteiger partial charge in [0.2, 0.25) is 0 Å². The first-order valence-corrected chi connectivity index (χ1v) is 9.33. The number of methoxy groups -OCH3 is 1. The molecule has 8 heteroatoms. The average molecular weight is 516 g/mol. The molecule has 0 atom stereocenters. The topological polar surface area (TPSA) is 40.1 Å². The van der Waals surface area contributed by atoms with Crippen LogP contribution in [0.25, 0.3) is 0 Å². The number of rotatable bonds is 5. The number of anilines is 1. The number of nitrogens with one attached hydrogen (secondary N) is 1. The number of nitrogens with zero attached hydrogens (tertiary/aromatic N) is 3. The highest BCUT2D eigenvalue weighted by Crippen LogP contribution is 2.20. The van der Waals surface area contributed by atoms with Crippen molar-refractivity contribution in [2.24, 2.45) is 4.99 Å². The van der Waals surface area contributed by atoms with Crippen LogP contribution in [-0.2, 0) is 17.9 Å². The Kier molecular flexibility index (Phi) is 9.09. The van der Waals surface area contributed by atoms with E-state index in [1.54, 1.807) is 32.4 Å². The van der Waals surface area contributed by atoms with Gasteiger partial charge in [-0.1, -0.05) is 18.2 Å². The molecular weight excluding hydrogens is 489 g/mol. The van der Waals surface area contributed by atoms with Gasteiger partial charge < -0.3 is 19.9 Å². The first-order valence-electron chi connectivity index (χ1n) is 9.33. The lowest BCUT2D eigenvalue weighted by Crippen LogP contribution is -2.52. The van der Waals surface area contributed by atoms with Crippen LogP contribution in [0.4, 0.5) is 14.5 Å². The van der Waals surface area contributed by atoms with Crippen LogP contribution in [0, 0.1) is 11.6 Å². The molecule has 1 saturated heterocycles. The van der Waals surface area contributed by atoms with Gasteiger partial charge in [0, 0.05) is 52.4 Å². The van der Waals surface area contributed by atoms with E-state index in [2.05, 4.69) is 20.1 Å². The third-order valence-electron chi connectivity index (χ3n) is 4.84. The van der Waals surface area contributed by atoms with Gasteiger partial charge in [0.05, 0.1) is 12.3 Å². The molecule has 0 spiro atoms. The molecule has 1 aliphatic rings. The largest absolute Gasteiger partial charge is 0.380 e. The molecule has 0 unspecified atom stereocenters. The molecule has 0 radical (unpaired) electrons. The van der Waals surface area contributed by atoms with Crippen LogP contribution in [0.5, 0.6) is 0 Å². The molecule has 1 aliphatic heterocycles. The minimum atomic E-state index is -0.265. The zero-order valence-electron chi connectivity index (χ0n) is 16.7. The molecule has 1 fully saturated rings. The van der Waals surface area contributed by atoms with Crippen molar-refractivity contribution >= 4 is 35.6 Å². The van der Waals surface area contributed by atoms with Gasteiger partial charge in [0.1, 0.15) is 11.6 Å². The Bertz CT molecular complexity index is 826. The van der Waals surface area contributed by atoms with E-state index in [1.165, 1.54) is 12.1 Å². The predicted octanol–water partition coefficient (Wildman–Crippen LogP) is 3.63. The van der Waals surface area contributed by atoms with Crippen LogP contribution in [0.15, 0.2) is 47.5 Å². The smallest absolute Gasteiger partial charge is 0.194 e. The summed E-state index contributed by atoms with van der Waals surface area (Å²) in [4.78, 5) is 8.56. The monoisotopic (exact) mass is 516 g/mol. The Hall–Kier alpha value is -1.94. The number of para-hydroxylation sites is 1. The molecular formula is C21H27F2IN4O. The third-order valence-corrected chi connectivity index (χ3v) is 4.84. The highest BCUT2D eigenvalue weighted by Gasteiger charge is 2.21. The van der Waals surface area contributed by atoms with Crippen LogP contribution in [0.1, 0.15) is 11.1 Å². The third kappa shape index (κ3) is 6.02. The summed E-state index contributed by atoms with van der Waals surface area (Å²) < 4.78 is 32.8. The molecule has 2 aromatic rings. The number of hydrogen-bond acceptors (Lipinski definition) is 3. The summed E-state index contributed by atoms with van der Waals surface area (Å²) in [5.41, 5.74) is 2.14. The summed E-state index contributed by atoms with van der Waals surface area (Å²) in [6, 6.07) is 11.9. The Labute approximate surface area is 187 Å². The van der Waals surface area contributed by atoms with Gasteiger partial charge in [-0.3, -0.25) is 4.99 Å². The van der Waals surface area contributed by atoms with E-state index in [0.717, 1.165) is 37.7 Å². The lowest BCUT2D eigenvalue weighted by molar-refractivity contribution is 0.181. The van der Waals surface area contributed by atoms with Crippen molar-refractivity contribution in [3.63, 3.8) is 0 Å². The van der Waals surface area contributed by atoms with Crippen molar-refractivity contribution in [3.05, 3.63) is 65.2 Å². The summed E-state index contributed by atoms with van der Waals surface area (Å²) in [7, 11) is 3.29. The fourth-order valence-corrected chi connectivity index (χ4v) is 3.38. The van der Waals surface area contributed by atoms with E-state index >= 15 is 0 Å². The fourth-order valence-electron chi connectivity index (χ4n) is 3.38. The predicted molar refractivity (Wildman–Crippen MR) is 123 cm³/mol. The van der Waals surface area contributed by atoms with Gasteiger partial charge in [0.25, 0.3) is 0 Å². The number of ether oxygens (including phenoxy) is 1. The first kappa shape index (κ1) is 23.3. The summed E-state index contributed by atoms with van der Waals surface area (Å²) in [5, 5.41) is 3.33. The van der Waals surface area contributed by atoms with Crippen molar-refractivity contribution in [3.8, 4) is 0 Å². The molecule has 29 heavy (non-hydrogen) atoms. The van der Waals surface area contributed by atoms with Crippen LogP contribution in [0.2, 0.25) is 0 Å². The molecule has 2 aromatic carbocycles. The van der Waals surface area contributed by atoms with Crippen LogP contribution < -0.4 is 10.2 Å². The molecule has 0 bridgehead atoms. The van der Waals surface area contributed by atoms with Gasteiger partial charge in [-0.15, -0.1) is 24.0 Å². The SMILES string of the molecule is CN=C(NCc1ccc(F)c(COC)c1)N1CCN(c2ccccc2F)CC1.I. The number of hydrogen-bond donors (Lipinski definition) is 1. The molecule has 0 saturated carbocycles. The van der Waals surface area contributed by atoms with Gasteiger partial charge in [-0.2, -0.15) is 0 Å². The normalized spacial score (nSPS) is 14.6. The molecule has 158 valence electrons. The Morgan fingerprint density at radius 1 is 1.07 bits per heavy atom. The van der Waals surface area contributed by atoms with Gasteiger partial charge in [-0.25, -0.2) is 8.78 Å². The molecule has 0 aromatic heterocycles. The minimum absolute atomic E-state index is 0. The summed E-state index contributed by atoms with van der Waals surface area (Å²) in [5.74, 6) is 0.326.